The normalized spacial score (nSPS) is 10.5. The molecule has 9 heteroatoms. The highest BCUT2D eigenvalue weighted by molar-refractivity contribution is 6.35. The topological polar surface area (TPSA) is 107 Å². The molecule has 0 saturated carbocycles. The molecule has 0 fully saturated rings. The molecule has 9 nitrogen and oxygen atoms in total. The molecule has 0 aliphatic heterocycles. The number of methoxy groups -OCH3 is 3. The van der Waals surface area contributed by atoms with Gasteiger partial charge >= 0.3 is 11.8 Å². The zero-order valence-electron chi connectivity index (χ0n) is 20.4. The van der Waals surface area contributed by atoms with Crippen molar-refractivity contribution in [1.82, 2.24) is 10.7 Å². The first-order chi connectivity index (χ1) is 17.5. The third-order valence-electron chi connectivity index (χ3n) is 5.16. The molecular weight excluding hydrogens is 462 g/mol. The number of hydrogen-bond donors (Lipinski definition) is 2. The van der Waals surface area contributed by atoms with Gasteiger partial charge in [-0.2, -0.15) is 5.10 Å². The van der Waals surface area contributed by atoms with Gasteiger partial charge in [-0.1, -0.05) is 36.4 Å². The summed E-state index contributed by atoms with van der Waals surface area (Å²) in [4.78, 5) is 24.1. The van der Waals surface area contributed by atoms with Crippen molar-refractivity contribution < 1.29 is 28.5 Å². The van der Waals surface area contributed by atoms with Gasteiger partial charge in [0.05, 0.1) is 27.5 Å². The lowest BCUT2D eigenvalue weighted by Gasteiger charge is -2.11. The second-order valence-corrected chi connectivity index (χ2v) is 7.58. The van der Waals surface area contributed by atoms with Crippen LogP contribution in [0, 0.1) is 0 Å². The summed E-state index contributed by atoms with van der Waals surface area (Å²) in [6.07, 6.45) is 1.93. The van der Waals surface area contributed by atoms with Crippen molar-refractivity contribution in [2.24, 2.45) is 5.10 Å². The Labute approximate surface area is 210 Å². The van der Waals surface area contributed by atoms with Gasteiger partial charge in [0.1, 0.15) is 6.61 Å². The van der Waals surface area contributed by atoms with Gasteiger partial charge in [-0.05, 0) is 53.4 Å². The van der Waals surface area contributed by atoms with Crippen LogP contribution in [0.15, 0.2) is 71.8 Å². The molecule has 0 spiro atoms. The van der Waals surface area contributed by atoms with Gasteiger partial charge in [0.25, 0.3) is 0 Å². The molecule has 0 atom stereocenters. The van der Waals surface area contributed by atoms with Crippen LogP contribution in [-0.4, -0.2) is 45.9 Å². The largest absolute Gasteiger partial charge is 0.493 e. The second-order valence-electron chi connectivity index (χ2n) is 7.58. The Hall–Kier alpha value is -4.53. The van der Waals surface area contributed by atoms with Crippen LogP contribution >= 0.6 is 0 Å². The van der Waals surface area contributed by atoms with E-state index < -0.39 is 11.8 Å². The Morgan fingerprint density at radius 1 is 0.778 bits per heavy atom. The summed E-state index contributed by atoms with van der Waals surface area (Å²) in [6.45, 7) is 0.676. The van der Waals surface area contributed by atoms with Crippen molar-refractivity contribution in [1.29, 1.82) is 0 Å². The molecule has 0 unspecified atom stereocenters. The third-order valence-corrected chi connectivity index (χ3v) is 5.16. The average molecular weight is 492 g/mol. The van der Waals surface area contributed by atoms with Crippen LogP contribution in [-0.2, 0) is 22.6 Å². The fourth-order valence-corrected chi connectivity index (χ4v) is 3.27. The van der Waals surface area contributed by atoms with Crippen molar-refractivity contribution in [2.75, 3.05) is 27.9 Å². The predicted octanol–water partition coefficient (Wildman–Crippen LogP) is 3.10. The van der Waals surface area contributed by atoms with Crippen molar-refractivity contribution in [3.8, 4) is 23.0 Å². The zero-order chi connectivity index (χ0) is 25.8. The summed E-state index contributed by atoms with van der Waals surface area (Å²) in [7, 11) is 4.66. The minimum atomic E-state index is -0.867. The summed E-state index contributed by atoms with van der Waals surface area (Å²) in [5, 5.41) is 6.42. The number of rotatable bonds is 11. The highest BCUT2D eigenvalue weighted by atomic mass is 16.5. The van der Waals surface area contributed by atoms with E-state index in [4.69, 9.17) is 18.9 Å². The maximum atomic E-state index is 12.1. The van der Waals surface area contributed by atoms with Gasteiger partial charge in [0, 0.05) is 6.54 Å². The van der Waals surface area contributed by atoms with Crippen molar-refractivity contribution in [2.45, 2.75) is 13.0 Å². The van der Waals surface area contributed by atoms with Crippen LogP contribution < -0.4 is 29.7 Å². The molecule has 3 aromatic rings. The van der Waals surface area contributed by atoms with E-state index in [0.717, 1.165) is 11.1 Å². The summed E-state index contributed by atoms with van der Waals surface area (Å²) in [5.41, 5.74) is 4.85. The van der Waals surface area contributed by atoms with Crippen molar-refractivity contribution in [3.05, 3.63) is 83.4 Å². The first kappa shape index (κ1) is 26.1. The number of hydrogen-bond acceptors (Lipinski definition) is 7. The first-order valence-electron chi connectivity index (χ1n) is 11.2. The van der Waals surface area contributed by atoms with Crippen LogP contribution in [0.25, 0.3) is 0 Å². The van der Waals surface area contributed by atoms with Crippen LogP contribution in [0.3, 0.4) is 0 Å². The SMILES string of the molecule is COc1ccc(CCNC(=O)C(=O)N/N=C/c2ccc(OCc3ccccc3)c(OC)c2)cc1OC. The maximum absolute atomic E-state index is 12.1. The molecule has 2 N–H and O–H groups in total. The van der Waals surface area contributed by atoms with Crippen LogP contribution in [0.5, 0.6) is 23.0 Å². The molecule has 36 heavy (non-hydrogen) atoms. The van der Waals surface area contributed by atoms with Crippen LogP contribution in [0.2, 0.25) is 0 Å². The quantitative estimate of drug-likeness (QED) is 0.243. The lowest BCUT2D eigenvalue weighted by Crippen LogP contribution is -2.38. The molecule has 188 valence electrons. The number of carbonyl (C=O) groups is 2. The Bertz CT molecular complexity index is 1200. The Kier molecular flexibility index (Phi) is 9.69. The van der Waals surface area contributed by atoms with Crippen molar-refractivity contribution >= 4 is 18.0 Å². The van der Waals surface area contributed by atoms with Gasteiger partial charge in [-0.3, -0.25) is 9.59 Å². The minimum absolute atomic E-state index is 0.271. The number of nitrogens with zero attached hydrogens (tertiary/aromatic N) is 1. The zero-order valence-corrected chi connectivity index (χ0v) is 20.4. The molecule has 0 saturated heterocycles. The number of hydrazone groups is 1. The molecule has 0 aromatic heterocycles. The smallest absolute Gasteiger partial charge is 0.329 e. The summed E-state index contributed by atoms with van der Waals surface area (Å²) in [6, 6.07) is 20.5. The number of benzene rings is 3. The molecular formula is C27H29N3O6. The number of ether oxygens (including phenoxy) is 4. The molecule has 3 rings (SSSR count). The van der Waals surface area contributed by atoms with Crippen LogP contribution in [0.4, 0.5) is 0 Å². The van der Waals surface area contributed by atoms with Gasteiger partial charge < -0.3 is 24.3 Å². The Morgan fingerprint density at radius 2 is 1.47 bits per heavy atom. The number of carbonyl (C=O) groups excluding carboxylic acids is 2. The Balaban J connectivity index is 1.46. The number of amides is 2. The van der Waals surface area contributed by atoms with E-state index in [1.54, 1.807) is 45.6 Å². The molecule has 0 bridgehead atoms. The highest BCUT2D eigenvalue weighted by Gasteiger charge is 2.12. The van der Waals surface area contributed by atoms with Gasteiger partial charge in [-0.25, -0.2) is 5.43 Å². The van der Waals surface area contributed by atoms with E-state index in [2.05, 4.69) is 15.8 Å². The maximum Gasteiger partial charge on any atom is 0.329 e. The van der Waals surface area contributed by atoms with Gasteiger partial charge in [0.2, 0.25) is 0 Å². The summed E-state index contributed by atoms with van der Waals surface area (Å²) >= 11 is 0. The highest BCUT2D eigenvalue weighted by Crippen LogP contribution is 2.29. The first-order valence-corrected chi connectivity index (χ1v) is 11.2. The van der Waals surface area contributed by atoms with E-state index in [0.29, 0.717) is 41.6 Å². The minimum Gasteiger partial charge on any atom is -0.493 e. The molecule has 0 aliphatic carbocycles. The van der Waals surface area contributed by atoms with Crippen molar-refractivity contribution in [3.63, 3.8) is 0 Å². The molecule has 2 amide bonds. The fourth-order valence-electron chi connectivity index (χ4n) is 3.27. The van der Waals surface area contributed by atoms with Gasteiger partial charge in [-0.15, -0.1) is 0 Å². The van der Waals surface area contributed by atoms with Crippen LogP contribution in [0.1, 0.15) is 16.7 Å². The van der Waals surface area contributed by atoms with E-state index in [1.807, 2.05) is 42.5 Å². The van der Waals surface area contributed by atoms with Gasteiger partial charge in [0.15, 0.2) is 23.0 Å². The average Bonchev–Trinajstić information content (AvgIpc) is 2.92. The molecule has 3 aromatic carbocycles. The van der Waals surface area contributed by atoms with E-state index in [9.17, 15) is 9.59 Å². The lowest BCUT2D eigenvalue weighted by atomic mass is 10.1. The fraction of sp³-hybridized carbons (Fsp3) is 0.222. The third kappa shape index (κ3) is 7.49. The summed E-state index contributed by atoms with van der Waals surface area (Å²) < 4.78 is 21.7. The standard InChI is InChI=1S/C27H29N3O6/c1-33-22-11-9-19(15-24(22)34-2)13-14-28-26(31)27(32)30-29-17-21-10-12-23(25(16-21)35-3)36-18-20-7-5-4-6-8-20/h4-12,15-17H,13-14,18H2,1-3H3,(H,28,31)(H,30,32)/b29-17+. The van der Waals surface area contributed by atoms with E-state index in [-0.39, 0.29) is 6.54 Å². The Morgan fingerprint density at radius 3 is 2.19 bits per heavy atom. The predicted molar refractivity (Wildman–Crippen MR) is 136 cm³/mol. The molecule has 0 aliphatic rings. The van der Waals surface area contributed by atoms with E-state index >= 15 is 0 Å². The monoisotopic (exact) mass is 491 g/mol. The van der Waals surface area contributed by atoms with E-state index in [1.165, 1.54) is 6.21 Å². The number of nitrogens with one attached hydrogen (secondary N) is 2. The molecule has 0 radical (unpaired) electrons. The summed E-state index contributed by atoms with van der Waals surface area (Å²) in [5.74, 6) is 0.670. The lowest BCUT2D eigenvalue weighted by molar-refractivity contribution is -0.139. The molecule has 0 heterocycles. The second kappa shape index (κ2) is 13.4.